The monoisotopic (exact) mass is 299 g/mol. The predicted molar refractivity (Wildman–Crippen MR) is 74.6 cm³/mol. The molecule has 19 heavy (non-hydrogen) atoms. The van der Waals surface area contributed by atoms with Crippen molar-refractivity contribution in [2.24, 2.45) is 0 Å². The zero-order valence-corrected chi connectivity index (χ0v) is 11.9. The first-order chi connectivity index (χ1) is 9.03. The van der Waals surface area contributed by atoms with Gasteiger partial charge >= 0.3 is 0 Å². The first-order valence-corrected chi connectivity index (χ1v) is 7.21. The normalized spacial score (nSPS) is 24.6. The molecular formula is C14H15Cl2NO2. The molecule has 1 aromatic carbocycles. The molecule has 0 aromatic heterocycles. The quantitative estimate of drug-likeness (QED) is 0.912. The summed E-state index contributed by atoms with van der Waals surface area (Å²) in [6.45, 7) is 1.07. The lowest BCUT2D eigenvalue weighted by Gasteiger charge is -2.24. The van der Waals surface area contributed by atoms with Gasteiger partial charge in [0.25, 0.3) is 0 Å². The Morgan fingerprint density at radius 1 is 1.37 bits per heavy atom. The number of nitrogens with zero attached hydrogens (tertiary/aromatic N) is 1. The maximum Gasteiger partial charge on any atom is 0.233 e. The van der Waals surface area contributed by atoms with Gasteiger partial charge in [-0.15, -0.1) is 0 Å². The maximum atomic E-state index is 12.6. The molecule has 0 bridgehead atoms. The van der Waals surface area contributed by atoms with Crippen molar-refractivity contribution in [1.82, 2.24) is 4.90 Å². The molecule has 1 saturated carbocycles. The van der Waals surface area contributed by atoms with Gasteiger partial charge in [-0.2, -0.15) is 0 Å². The van der Waals surface area contributed by atoms with Crippen molar-refractivity contribution in [2.45, 2.75) is 30.8 Å². The number of hydrogen-bond acceptors (Lipinski definition) is 2. The Morgan fingerprint density at radius 3 is 2.63 bits per heavy atom. The summed E-state index contributed by atoms with van der Waals surface area (Å²) in [5.41, 5.74) is 0.385. The highest BCUT2D eigenvalue weighted by atomic mass is 35.5. The highest BCUT2D eigenvalue weighted by molar-refractivity contribution is 6.35. The minimum Gasteiger partial charge on any atom is -0.391 e. The maximum absolute atomic E-state index is 12.6. The number of hydrogen-bond donors (Lipinski definition) is 1. The Balaban J connectivity index is 1.88. The number of amides is 1. The van der Waals surface area contributed by atoms with Crippen molar-refractivity contribution in [2.75, 3.05) is 13.1 Å². The zero-order valence-electron chi connectivity index (χ0n) is 10.4. The SMILES string of the molecule is O=C(N1CCC(O)C1)C1(c2ccc(Cl)cc2Cl)CC1. The predicted octanol–water partition coefficient (Wildman–Crippen LogP) is 2.62. The molecule has 1 heterocycles. The van der Waals surface area contributed by atoms with Gasteiger partial charge in [0.1, 0.15) is 0 Å². The molecule has 1 atom stereocenters. The fraction of sp³-hybridized carbons (Fsp3) is 0.500. The van der Waals surface area contributed by atoms with E-state index in [0.717, 1.165) is 18.4 Å². The molecule has 5 heteroatoms. The molecule has 0 spiro atoms. The van der Waals surface area contributed by atoms with E-state index in [-0.39, 0.29) is 12.0 Å². The average Bonchev–Trinajstić information content (AvgIpc) is 3.04. The summed E-state index contributed by atoms with van der Waals surface area (Å²) in [6, 6.07) is 5.31. The van der Waals surface area contributed by atoms with Crippen molar-refractivity contribution in [3.8, 4) is 0 Å². The van der Waals surface area contributed by atoms with E-state index >= 15 is 0 Å². The van der Waals surface area contributed by atoms with E-state index in [1.807, 2.05) is 6.07 Å². The lowest BCUT2D eigenvalue weighted by molar-refractivity contribution is -0.133. The van der Waals surface area contributed by atoms with E-state index < -0.39 is 5.41 Å². The number of aliphatic hydroxyl groups excluding tert-OH is 1. The second kappa shape index (κ2) is 4.65. The number of carbonyl (C=O) groups is 1. The van der Waals surface area contributed by atoms with E-state index in [2.05, 4.69) is 0 Å². The molecule has 1 N–H and O–H groups in total. The molecule has 3 rings (SSSR count). The molecule has 3 nitrogen and oxygen atoms in total. The highest BCUT2D eigenvalue weighted by Crippen LogP contribution is 2.52. The Morgan fingerprint density at radius 2 is 2.11 bits per heavy atom. The van der Waals surface area contributed by atoms with Crippen molar-refractivity contribution in [3.05, 3.63) is 33.8 Å². The van der Waals surface area contributed by atoms with E-state index in [1.165, 1.54) is 0 Å². The molecule has 1 aliphatic carbocycles. The van der Waals surface area contributed by atoms with Crippen LogP contribution in [-0.4, -0.2) is 35.1 Å². The zero-order chi connectivity index (χ0) is 13.6. The molecule has 2 aliphatic rings. The molecule has 1 unspecified atom stereocenters. The van der Waals surface area contributed by atoms with Crippen molar-refractivity contribution in [1.29, 1.82) is 0 Å². The molecular weight excluding hydrogens is 285 g/mol. The first kappa shape index (κ1) is 13.2. The van der Waals surface area contributed by atoms with E-state index in [9.17, 15) is 9.90 Å². The van der Waals surface area contributed by atoms with Crippen LogP contribution in [0.25, 0.3) is 0 Å². The van der Waals surface area contributed by atoms with Crippen LogP contribution in [0.2, 0.25) is 10.0 Å². The van der Waals surface area contributed by atoms with Crippen LogP contribution >= 0.6 is 23.2 Å². The number of rotatable bonds is 2. The standard InChI is InChI=1S/C14H15Cl2NO2/c15-9-1-2-11(12(16)7-9)14(4-5-14)13(19)17-6-3-10(18)8-17/h1-2,7,10,18H,3-6,8H2. The van der Waals surface area contributed by atoms with Crippen LogP contribution in [0.3, 0.4) is 0 Å². The van der Waals surface area contributed by atoms with Gasteiger partial charge < -0.3 is 10.0 Å². The molecule has 1 aliphatic heterocycles. The minimum atomic E-state index is -0.480. The summed E-state index contributed by atoms with van der Waals surface area (Å²) >= 11 is 12.1. The number of benzene rings is 1. The van der Waals surface area contributed by atoms with E-state index in [4.69, 9.17) is 23.2 Å². The Kier molecular flexibility index (Phi) is 3.24. The third-order valence-corrected chi connectivity index (χ3v) is 4.60. The largest absolute Gasteiger partial charge is 0.391 e. The summed E-state index contributed by atoms with van der Waals surface area (Å²) in [4.78, 5) is 14.4. The lowest BCUT2D eigenvalue weighted by Crippen LogP contribution is -2.38. The molecule has 1 amide bonds. The Labute approximate surface area is 122 Å². The van der Waals surface area contributed by atoms with Crippen LogP contribution in [0.1, 0.15) is 24.8 Å². The molecule has 1 saturated heterocycles. The van der Waals surface area contributed by atoms with Gasteiger partial charge in [0.05, 0.1) is 11.5 Å². The third kappa shape index (κ3) is 2.24. The summed E-state index contributed by atoms with van der Waals surface area (Å²) < 4.78 is 0. The van der Waals surface area contributed by atoms with Gasteiger partial charge in [0.15, 0.2) is 0 Å². The Hall–Kier alpha value is -0.770. The van der Waals surface area contributed by atoms with Gasteiger partial charge in [-0.25, -0.2) is 0 Å². The molecule has 0 radical (unpaired) electrons. The minimum absolute atomic E-state index is 0.0910. The van der Waals surface area contributed by atoms with Crippen LogP contribution in [0, 0.1) is 0 Å². The second-order valence-corrected chi connectivity index (χ2v) is 6.24. The molecule has 102 valence electrons. The number of β-amino-alcohol motifs (C(OH)–C–C–N with tert-alkyl or cyclic N) is 1. The van der Waals surface area contributed by atoms with Crippen LogP contribution in [0.5, 0.6) is 0 Å². The average molecular weight is 300 g/mol. The number of likely N-dealkylation sites (tertiary alicyclic amines) is 1. The van der Waals surface area contributed by atoms with Crippen molar-refractivity contribution in [3.63, 3.8) is 0 Å². The second-order valence-electron chi connectivity index (χ2n) is 5.40. The summed E-state index contributed by atoms with van der Waals surface area (Å²) in [7, 11) is 0. The smallest absolute Gasteiger partial charge is 0.233 e. The number of carbonyl (C=O) groups excluding carboxylic acids is 1. The number of aliphatic hydroxyl groups is 1. The Bertz CT molecular complexity index is 528. The number of halogens is 2. The summed E-state index contributed by atoms with van der Waals surface area (Å²) in [5.74, 6) is 0.0910. The summed E-state index contributed by atoms with van der Waals surface area (Å²) in [6.07, 6.45) is 1.91. The van der Waals surface area contributed by atoms with Crippen molar-refractivity contribution >= 4 is 29.1 Å². The van der Waals surface area contributed by atoms with Crippen LogP contribution in [-0.2, 0) is 10.2 Å². The van der Waals surface area contributed by atoms with Crippen LogP contribution in [0.4, 0.5) is 0 Å². The fourth-order valence-electron chi connectivity index (χ4n) is 2.83. The van der Waals surface area contributed by atoms with Gasteiger partial charge in [-0.3, -0.25) is 4.79 Å². The van der Waals surface area contributed by atoms with Gasteiger partial charge in [-0.05, 0) is 37.0 Å². The topological polar surface area (TPSA) is 40.5 Å². The fourth-order valence-corrected chi connectivity index (χ4v) is 3.42. The van der Waals surface area contributed by atoms with Crippen LogP contribution < -0.4 is 0 Å². The molecule has 2 fully saturated rings. The lowest BCUT2D eigenvalue weighted by atomic mass is 9.94. The van der Waals surface area contributed by atoms with Gasteiger partial charge in [-0.1, -0.05) is 29.3 Å². The van der Waals surface area contributed by atoms with Gasteiger partial charge in [0.2, 0.25) is 5.91 Å². The highest BCUT2D eigenvalue weighted by Gasteiger charge is 2.54. The van der Waals surface area contributed by atoms with Crippen LogP contribution in [0.15, 0.2) is 18.2 Å². The van der Waals surface area contributed by atoms with E-state index in [1.54, 1.807) is 17.0 Å². The summed E-state index contributed by atoms with van der Waals surface area (Å²) in [5, 5.41) is 10.7. The van der Waals surface area contributed by atoms with Gasteiger partial charge in [0, 0.05) is 23.1 Å². The van der Waals surface area contributed by atoms with Crippen molar-refractivity contribution < 1.29 is 9.90 Å². The third-order valence-electron chi connectivity index (χ3n) is 4.06. The first-order valence-electron chi connectivity index (χ1n) is 6.46. The van der Waals surface area contributed by atoms with E-state index in [0.29, 0.717) is 29.6 Å². The molecule has 1 aromatic rings.